The third-order valence-electron chi connectivity index (χ3n) is 1.21. The van der Waals surface area contributed by atoms with E-state index in [-0.39, 0.29) is 6.42 Å². The van der Waals surface area contributed by atoms with Crippen molar-refractivity contribution in [3.8, 4) is 0 Å². The van der Waals surface area contributed by atoms with Gasteiger partial charge in [0.05, 0.1) is 0 Å². The second-order valence-electron chi connectivity index (χ2n) is 2.34. The molecule has 0 aromatic rings. The standard InChI is InChI=1S/C6H10ClF3/c1-3-4-6(9,10)5(2,7)8/h3-4H2,1-2H3. The van der Waals surface area contributed by atoms with Crippen LogP contribution >= 0.6 is 11.6 Å². The second-order valence-corrected chi connectivity index (χ2v) is 3.05. The lowest BCUT2D eigenvalue weighted by molar-refractivity contribution is -0.0927. The maximum absolute atomic E-state index is 12.4. The number of halogens is 4. The molecule has 0 heterocycles. The van der Waals surface area contributed by atoms with E-state index in [1.54, 1.807) is 6.92 Å². The molecule has 0 radical (unpaired) electrons. The van der Waals surface area contributed by atoms with Crippen LogP contribution in [0, 0.1) is 0 Å². The van der Waals surface area contributed by atoms with Crippen molar-refractivity contribution in [2.24, 2.45) is 0 Å². The Morgan fingerprint density at radius 2 is 1.70 bits per heavy atom. The van der Waals surface area contributed by atoms with E-state index in [9.17, 15) is 13.2 Å². The van der Waals surface area contributed by atoms with Crippen LogP contribution in [-0.4, -0.2) is 11.1 Å². The average Bonchev–Trinajstić information content (AvgIpc) is 1.61. The quantitative estimate of drug-likeness (QED) is 0.576. The molecular formula is C6H10ClF3. The first-order valence-electron chi connectivity index (χ1n) is 3.07. The molecule has 1 atom stereocenters. The molecule has 0 saturated heterocycles. The van der Waals surface area contributed by atoms with Gasteiger partial charge in [0.25, 0.3) is 5.92 Å². The van der Waals surface area contributed by atoms with Gasteiger partial charge in [0, 0.05) is 6.42 Å². The molecule has 10 heavy (non-hydrogen) atoms. The second kappa shape index (κ2) is 2.99. The lowest BCUT2D eigenvalue weighted by atomic mass is 10.1. The van der Waals surface area contributed by atoms with E-state index in [1.807, 2.05) is 0 Å². The molecule has 4 heteroatoms. The van der Waals surface area contributed by atoms with E-state index in [0.29, 0.717) is 6.92 Å². The molecule has 62 valence electrons. The summed E-state index contributed by atoms with van der Waals surface area (Å²) in [5, 5.41) is -2.91. The van der Waals surface area contributed by atoms with E-state index >= 15 is 0 Å². The number of hydrogen-bond acceptors (Lipinski definition) is 0. The third kappa shape index (κ3) is 2.37. The van der Waals surface area contributed by atoms with Crippen LogP contribution in [0.4, 0.5) is 13.2 Å². The Morgan fingerprint density at radius 3 is 1.80 bits per heavy atom. The van der Waals surface area contributed by atoms with Crippen molar-refractivity contribution in [3.05, 3.63) is 0 Å². The van der Waals surface area contributed by atoms with Gasteiger partial charge in [-0.15, -0.1) is 0 Å². The van der Waals surface area contributed by atoms with Gasteiger partial charge in [-0.2, -0.15) is 0 Å². The van der Waals surface area contributed by atoms with Gasteiger partial charge in [-0.05, 0) is 6.92 Å². The van der Waals surface area contributed by atoms with Crippen LogP contribution in [-0.2, 0) is 0 Å². The van der Waals surface area contributed by atoms with Crippen LogP contribution < -0.4 is 0 Å². The van der Waals surface area contributed by atoms with Gasteiger partial charge in [0.15, 0.2) is 0 Å². The van der Waals surface area contributed by atoms with Crippen LogP contribution in [0.25, 0.3) is 0 Å². The Labute approximate surface area is 63.4 Å². The fraction of sp³-hybridized carbons (Fsp3) is 1.00. The van der Waals surface area contributed by atoms with Crippen LogP contribution in [0.3, 0.4) is 0 Å². The normalized spacial score (nSPS) is 18.6. The lowest BCUT2D eigenvalue weighted by Gasteiger charge is -2.23. The molecule has 1 unspecified atom stereocenters. The number of alkyl halides is 4. The van der Waals surface area contributed by atoms with Gasteiger partial charge in [0.2, 0.25) is 5.13 Å². The van der Waals surface area contributed by atoms with E-state index < -0.39 is 17.5 Å². The van der Waals surface area contributed by atoms with Crippen molar-refractivity contribution in [1.29, 1.82) is 0 Å². The molecule has 0 aliphatic rings. The molecule has 0 saturated carbocycles. The van der Waals surface area contributed by atoms with Crippen LogP contribution in [0.15, 0.2) is 0 Å². The molecule has 0 spiro atoms. The summed E-state index contributed by atoms with van der Waals surface area (Å²) in [7, 11) is 0. The summed E-state index contributed by atoms with van der Waals surface area (Å²) in [6.45, 7) is 2.22. The number of hydrogen-bond donors (Lipinski definition) is 0. The first-order chi connectivity index (χ1) is 4.31. The largest absolute Gasteiger partial charge is 0.294 e. The molecular weight excluding hydrogens is 165 g/mol. The fourth-order valence-corrected chi connectivity index (χ4v) is 0.628. The Bertz CT molecular complexity index is 106. The predicted octanol–water partition coefficient (Wildman–Crippen LogP) is 3.35. The van der Waals surface area contributed by atoms with Crippen molar-refractivity contribution in [2.45, 2.75) is 37.7 Å². The molecule has 0 aliphatic heterocycles. The van der Waals surface area contributed by atoms with Crippen molar-refractivity contribution in [3.63, 3.8) is 0 Å². The minimum absolute atomic E-state index is 0.221. The Kier molecular flexibility index (Phi) is 3.01. The maximum atomic E-state index is 12.4. The molecule has 0 fully saturated rings. The Balaban J connectivity index is 4.10. The first-order valence-corrected chi connectivity index (χ1v) is 3.44. The summed E-state index contributed by atoms with van der Waals surface area (Å²) >= 11 is 4.79. The van der Waals surface area contributed by atoms with E-state index in [4.69, 9.17) is 11.6 Å². The minimum Gasteiger partial charge on any atom is -0.220 e. The maximum Gasteiger partial charge on any atom is 0.294 e. The molecule has 0 aliphatic carbocycles. The van der Waals surface area contributed by atoms with Crippen molar-refractivity contribution < 1.29 is 13.2 Å². The highest BCUT2D eigenvalue weighted by Gasteiger charge is 2.48. The van der Waals surface area contributed by atoms with Gasteiger partial charge in [-0.25, -0.2) is 13.2 Å². The smallest absolute Gasteiger partial charge is 0.220 e. The molecule has 0 nitrogen and oxygen atoms in total. The van der Waals surface area contributed by atoms with Gasteiger partial charge >= 0.3 is 0 Å². The van der Waals surface area contributed by atoms with Crippen LogP contribution in [0.1, 0.15) is 26.7 Å². The average molecular weight is 175 g/mol. The zero-order valence-corrected chi connectivity index (χ0v) is 6.68. The molecule has 0 amide bonds. The summed E-state index contributed by atoms with van der Waals surface area (Å²) in [4.78, 5) is 0. The monoisotopic (exact) mass is 174 g/mol. The topological polar surface area (TPSA) is 0 Å². The van der Waals surface area contributed by atoms with Crippen LogP contribution in [0.2, 0.25) is 0 Å². The molecule has 0 N–H and O–H groups in total. The Morgan fingerprint density at radius 1 is 1.30 bits per heavy atom. The van der Waals surface area contributed by atoms with Gasteiger partial charge in [-0.1, -0.05) is 24.9 Å². The van der Waals surface area contributed by atoms with Crippen molar-refractivity contribution in [2.75, 3.05) is 0 Å². The minimum atomic E-state index is -3.41. The summed E-state index contributed by atoms with van der Waals surface area (Å²) in [6.07, 6.45) is -0.289. The van der Waals surface area contributed by atoms with E-state index in [0.717, 1.165) is 0 Å². The summed E-state index contributed by atoms with van der Waals surface area (Å²) in [5.74, 6) is -3.41. The zero-order chi connectivity index (χ0) is 8.41. The summed E-state index contributed by atoms with van der Waals surface area (Å²) < 4.78 is 37.2. The molecule has 0 rings (SSSR count). The predicted molar refractivity (Wildman–Crippen MR) is 35.2 cm³/mol. The third-order valence-corrected chi connectivity index (χ3v) is 1.48. The molecule has 0 aromatic heterocycles. The van der Waals surface area contributed by atoms with Crippen LogP contribution in [0.5, 0.6) is 0 Å². The summed E-state index contributed by atoms with van der Waals surface area (Å²) in [6, 6.07) is 0. The fourth-order valence-electron chi connectivity index (χ4n) is 0.533. The van der Waals surface area contributed by atoms with Gasteiger partial charge in [0.1, 0.15) is 0 Å². The highest BCUT2D eigenvalue weighted by Crippen LogP contribution is 2.38. The summed E-state index contributed by atoms with van der Waals surface area (Å²) in [5.41, 5.74) is 0. The highest BCUT2D eigenvalue weighted by molar-refractivity contribution is 6.23. The first kappa shape index (κ1) is 10.1. The lowest BCUT2D eigenvalue weighted by Crippen LogP contribution is -2.36. The van der Waals surface area contributed by atoms with Gasteiger partial charge in [-0.3, -0.25) is 0 Å². The Hall–Kier alpha value is 0.0800. The highest BCUT2D eigenvalue weighted by atomic mass is 35.5. The van der Waals surface area contributed by atoms with E-state index in [2.05, 4.69) is 0 Å². The van der Waals surface area contributed by atoms with Crippen molar-refractivity contribution >= 4 is 11.6 Å². The molecule has 0 aromatic carbocycles. The SMILES string of the molecule is CCCC(F)(F)C(C)(F)Cl. The van der Waals surface area contributed by atoms with Crippen molar-refractivity contribution in [1.82, 2.24) is 0 Å². The molecule has 0 bridgehead atoms. The van der Waals surface area contributed by atoms with E-state index in [1.165, 1.54) is 0 Å². The van der Waals surface area contributed by atoms with Gasteiger partial charge < -0.3 is 0 Å². The number of rotatable bonds is 3. The zero-order valence-electron chi connectivity index (χ0n) is 5.93.